The minimum Gasteiger partial charge on any atom is -0.370 e. The SMILES string of the molecule is O=C(c1cncs1)N1CCC2(CC1)OCCc1sc(-c3ccccc3)cc12. The van der Waals surface area contributed by atoms with Gasteiger partial charge in [0.1, 0.15) is 4.88 Å². The molecule has 4 heterocycles. The lowest BCUT2D eigenvalue weighted by Crippen LogP contribution is -2.47. The molecule has 3 aromatic rings. The highest BCUT2D eigenvalue weighted by Gasteiger charge is 2.43. The van der Waals surface area contributed by atoms with E-state index in [2.05, 4.69) is 41.4 Å². The molecule has 6 heteroatoms. The topological polar surface area (TPSA) is 42.4 Å². The molecular formula is C21H20N2O2S2. The van der Waals surface area contributed by atoms with E-state index in [4.69, 9.17) is 4.74 Å². The molecule has 1 saturated heterocycles. The molecule has 1 spiro atoms. The molecule has 4 nitrogen and oxygen atoms in total. The minimum atomic E-state index is -0.235. The first kappa shape index (κ1) is 17.1. The number of hydrogen-bond acceptors (Lipinski definition) is 5. The Balaban J connectivity index is 1.40. The first-order chi connectivity index (χ1) is 13.3. The Kier molecular flexibility index (Phi) is 4.34. The van der Waals surface area contributed by atoms with Crippen LogP contribution in [0.25, 0.3) is 10.4 Å². The van der Waals surface area contributed by atoms with Crippen LogP contribution >= 0.6 is 22.7 Å². The van der Waals surface area contributed by atoms with Gasteiger partial charge in [0.15, 0.2) is 0 Å². The normalized spacial score (nSPS) is 18.4. The number of thiazole rings is 1. The number of aromatic nitrogens is 1. The second-order valence-corrected chi connectivity index (χ2v) is 9.09. The maximum atomic E-state index is 12.6. The number of rotatable bonds is 2. The van der Waals surface area contributed by atoms with E-state index in [1.165, 1.54) is 32.2 Å². The first-order valence-corrected chi connectivity index (χ1v) is 11.0. The lowest BCUT2D eigenvalue weighted by molar-refractivity contribution is -0.0926. The number of hydrogen-bond donors (Lipinski definition) is 0. The predicted molar refractivity (Wildman–Crippen MR) is 108 cm³/mol. The lowest BCUT2D eigenvalue weighted by atomic mass is 9.82. The zero-order valence-corrected chi connectivity index (χ0v) is 16.5. The van der Waals surface area contributed by atoms with Crippen LogP contribution < -0.4 is 0 Å². The monoisotopic (exact) mass is 396 g/mol. The van der Waals surface area contributed by atoms with Crippen molar-refractivity contribution in [3.05, 3.63) is 63.4 Å². The third-order valence-electron chi connectivity index (χ3n) is 5.57. The number of ether oxygens (including phenoxy) is 1. The van der Waals surface area contributed by atoms with Crippen molar-refractivity contribution in [2.45, 2.75) is 24.9 Å². The molecule has 1 amide bonds. The quantitative estimate of drug-likeness (QED) is 0.637. The summed E-state index contributed by atoms with van der Waals surface area (Å²) >= 11 is 3.30. The first-order valence-electron chi connectivity index (χ1n) is 9.25. The molecule has 0 aliphatic carbocycles. The van der Waals surface area contributed by atoms with Gasteiger partial charge in [0, 0.05) is 29.3 Å². The van der Waals surface area contributed by atoms with Gasteiger partial charge in [-0.3, -0.25) is 9.78 Å². The highest BCUT2D eigenvalue weighted by atomic mass is 32.1. The van der Waals surface area contributed by atoms with Crippen LogP contribution in [0.5, 0.6) is 0 Å². The molecule has 1 fully saturated rings. The summed E-state index contributed by atoms with van der Waals surface area (Å²) in [6.45, 7) is 2.23. The number of thiophene rings is 1. The summed E-state index contributed by atoms with van der Waals surface area (Å²) in [5, 5.41) is 0. The Labute approximate surface area is 166 Å². The number of likely N-dealkylation sites (tertiary alicyclic amines) is 1. The van der Waals surface area contributed by atoms with Gasteiger partial charge < -0.3 is 9.64 Å². The summed E-state index contributed by atoms with van der Waals surface area (Å²) in [7, 11) is 0. The Morgan fingerprint density at radius 3 is 2.74 bits per heavy atom. The number of benzene rings is 1. The van der Waals surface area contributed by atoms with E-state index in [1.807, 2.05) is 16.2 Å². The van der Waals surface area contributed by atoms with Crippen molar-refractivity contribution < 1.29 is 9.53 Å². The average molecular weight is 397 g/mol. The van der Waals surface area contributed by atoms with Gasteiger partial charge in [0.05, 0.1) is 23.9 Å². The molecule has 27 heavy (non-hydrogen) atoms. The predicted octanol–water partition coefficient (Wildman–Crippen LogP) is 4.58. The van der Waals surface area contributed by atoms with Crippen molar-refractivity contribution in [3.63, 3.8) is 0 Å². The number of carbonyl (C=O) groups is 1. The van der Waals surface area contributed by atoms with E-state index in [0.29, 0.717) is 0 Å². The summed E-state index contributed by atoms with van der Waals surface area (Å²) in [5.41, 5.74) is 4.10. The number of carbonyl (C=O) groups excluding carboxylic acids is 1. The van der Waals surface area contributed by atoms with Crippen LogP contribution in [-0.4, -0.2) is 35.5 Å². The average Bonchev–Trinajstić information content (AvgIpc) is 3.40. The molecule has 2 aromatic heterocycles. The molecule has 0 radical (unpaired) electrons. The van der Waals surface area contributed by atoms with Crippen LogP contribution in [0.3, 0.4) is 0 Å². The van der Waals surface area contributed by atoms with Gasteiger partial charge >= 0.3 is 0 Å². The van der Waals surface area contributed by atoms with Gasteiger partial charge in [-0.05, 0) is 30.0 Å². The Bertz CT molecular complexity index is 942. The highest BCUT2D eigenvalue weighted by Crippen LogP contribution is 2.46. The maximum Gasteiger partial charge on any atom is 0.265 e. The molecule has 0 saturated carbocycles. The number of amides is 1. The van der Waals surface area contributed by atoms with Crippen LogP contribution in [0.1, 0.15) is 33.0 Å². The molecule has 2 aliphatic heterocycles. The van der Waals surface area contributed by atoms with Gasteiger partial charge in [-0.2, -0.15) is 0 Å². The highest BCUT2D eigenvalue weighted by molar-refractivity contribution is 7.15. The van der Waals surface area contributed by atoms with Gasteiger partial charge in [-0.15, -0.1) is 22.7 Å². The number of nitrogens with zero attached hydrogens (tertiary/aromatic N) is 2. The number of fused-ring (bicyclic) bond motifs is 2. The van der Waals surface area contributed by atoms with E-state index in [0.717, 1.165) is 43.8 Å². The minimum absolute atomic E-state index is 0.0960. The molecule has 0 bridgehead atoms. The molecule has 138 valence electrons. The number of piperidine rings is 1. The van der Waals surface area contributed by atoms with E-state index in [1.54, 1.807) is 11.7 Å². The summed E-state index contributed by atoms with van der Waals surface area (Å²) in [5.74, 6) is 0.0960. The molecular weight excluding hydrogens is 376 g/mol. The molecule has 0 N–H and O–H groups in total. The lowest BCUT2D eigenvalue weighted by Gasteiger charge is -2.44. The third-order valence-corrected chi connectivity index (χ3v) is 7.57. The summed E-state index contributed by atoms with van der Waals surface area (Å²) < 4.78 is 6.36. The summed E-state index contributed by atoms with van der Waals surface area (Å²) in [6.07, 6.45) is 4.36. The van der Waals surface area contributed by atoms with E-state index in [9.17, 15) is 4.79 Å². The summed E-state index contributed by atoms with van der Waals surface area (Å²) in [6, 6.07) is 12.9. The van der Waals surface area contributed by atoms with Gasteiger partial charge in [0.25, 0.3) is 5.91 Å². The zero-order valence-electron chi connectivity index (χ0n) is 14.9. The largest absolute Gasteiger partial charge is 0.370 e. The smallest absolute Gasteiger partial charge is 0.265 e. The van der Waals surface area contributed by atoms with Crippen molar-refractivity contribution in [1.82, 2.24) is 9.88 Å². The molecule has 2 aliphatic rings. The summed E-state index contributed by atoms with van der Waals surface area (Å²) in [4.78, 5) is 22.1. The van der Waals surface area contributed by atoms with Crippen molar-refractivity contribution in [2.75, 3.05) is 19.7 Å². The standard InChI is InChI=1S/C21H20N2O2S2/c24-20(19-13-22-14-26-19)23-9-7-21(8-10-23)16-12-18(15-4-2-1-3-5-15)27-17(16)6-11-25-21/h1-5,12-14H,6-11H2. The van der Waals surface area contributed by atoms with Gasteiger partial charge in [-0.25, -0.2) is 0 Å². The van der Waals surface area contributed by atoms with Crippen LogP contribution in [0.4, 0.5) is 0 Å². The fourth-order valence-electron chi connectivity index (χ4n) is 4.12. The molecule has 1 aromatic carbocycles. The van der Waals surface area contributed by atoms with Crippen molar-refractivity contribution >= 4 is 28.6 Å². The van der Waals surface area contributed by atoms with Crippen LogP contribution in [0.2, 0.25) is 0 Å². The van der Waals surface area contributed by atoms with Crippen LogP contribution in [-0.2, 0) is 16.8 Å². The second kappa shape index (κ2) is 6.86. The molecule has 0 atom stereocenters. The van der Waals surface area contributed by atoms with Crippen molar-refractivity contribution in [1.29, 1.82) is 0 Å². The van der Waals surface area contributed by atoms with E-state index >= 15 is 0 Å². The van der Waals surface area contributed by atoms with Crippen molar-refractivity contribution in [3.8, 4) is 10.4 Å². The molecule has 5 rings (SSSR count). The van der Waals surface area contributed by atoms with E-state index in [-0.39, 0.29) is 11.5 Å². The van der Waals surface area contributed by atoms with E-state index < -0.39 is 0 Å². The molecule has 0 unspecified atom stereocenters. The van der Waals surface area contributed by atoms with Crippen LogP contribution in [0.15, 0.2) is 48.1 Å². The second-order valence-electron chi connectivity index (χ2n) is 7.06. The van der Waals surface area contributed by atoms with Crippen LogP contribution in [0, 0.1) is 0 Å². The zero-order chi connectivity index (χ0) is 18.3. The van der Waals surface area contributed by atoms with Gasteiger partial charge in [-0.1, -0.05) is 30.3 Å². The van der Waals surface area contributed by atoms with Gasteiger partial charge in [0.2, 0.25) is 0 Å². The third kappa shape index (κ3) is 3.02. The Morgan fingerprint density at radius 1 is 1.19 bits per heavy atom. The Hall–Kier alpha value is -2.02. The fourth-order valence-corrected chi connectivity index (χ4v) is 5.95. The Morgan fingerprint density at radius 2 is 2.00 bits per heavy atom. The van der Waals surface area contributed by atoms with Crippen molar-refractivity contribution in [2.24, 2.45) is 0 Å². The maximum absolute atomic E-state index is 12.6. The fraction of sp³-hybridized carbons (Fsp3) is 0.333.